The SMILES string of the molecule is Cc1ccc(Nc2cc(C)nc(N3CCOCC3)n2)c(Br)c1. The summed E-state index contributed by atoms with van der Waals surface area (Å²) in [6.45, 7) is 7.17. The lowest BCUT2D eigenvalue weighted by Crippen LogP contribution is -2.37. The number of morpholine rings is 1. The van der Waals surface area contributed by atoms with E-state index in [9.17, 15) is 0 Å². The Morgan fingerprint density at radius 1 is 1.14 bits per heavy atom. The van der Waals surface area contributed by atoms with Gasteiger partial charge in [0.15, 0.2) is 0 Å². The highest BCUT2D eigenvalue weighted by molar-refractivity contribution is 9.10. The summed E-state index contributed by atoms with van der Waals surface area (Å²) in [5, 5.41) is 3.36. The molecule has 0 bridgehead atoms. The van der Waals surface area contributed by atoms with Crippen molar-refractivity contribution in [1.82, 2.24) is 9.97 Å². The van der Waals surface area contributed by atoms with Gasteiger partial charge in [0.2, 0.25) is 5.95 Å². The zero-order chi connectivity index (χ0) is 15.5. The van der Waals surface area contributed by atoms with E-state index in [1.54, 1.807) is 0 Å². The first-order chi connectivity index (χ1) is 10.6. The van der Waals surface area contributed by atoms with Crippen LogP contribution in [0.5, 0.6) is 0 Å². The number of halogens is 1. The Hall–Kier alpha value is -1.66. The summed E-state index contributed by atoms with van der Waals surface area (Å²) in [5.41, 5.74) is 3.16. The largest absolute Gasteiger partial charge is 0.378 e. The van der Waals surface area contributed by atoms with Crippen LogP contribution in [-0.4, -0.2) is 36.3 Å². The van der Waals surface area contributed by atoms with Crippen molar-refractivity contribution >= 4 is 33.4 Å². The molecule has 2 aromatic rings. The highest BCUT2D eigenvalue weighted by Crippen LogP contribution is 2.27. The number of ether oxygens (including phenoxy) is 1. The molecule has 3 rings (SSSR count). The molecule has 0 aliphatic carbocycles. The van der Waals surface area contributed by atoms with Crippen molar-refractivity contribution in [3.8, 4) is 0 Å². The Morgan fingerprint density at radius 3 is 2.64 bits per heavy atom. The third kappa shape index (κ3) is 3.56. The molecule has 1 aliphatic heterocycles. The number of aromatic nitrogens is 2. The second-order valence-electron chi connectivity index (χ2n) is 5.40. The van der Waals surface area contributed by atoms with Crippen molar-refractivity contribution < 1.29 is 4.74 Å². The zero-order valence-corrected chi connectivity index (χ0v) is 14.4. The minimum Gasteiger partial charge on any atom is -0.378 e. The van der Waals surface area contributed by atoms with E-state index in [2.05, 4.69) is 55.2 Å². The number of anilines is 3. The van der Waals surface area contributed by atoms with Crippen molar-refractivity contribution in [2.45, 2.75) is 13.8 Å². The monoisotopic (exact) mass is 362 g/mol. The lowest BCUT2D eigenvalue weighted by Gasteiger charge is -2.27. The average molecular weight is 363 g/mol. The summed E-state index contributed by atoms with van der Waals surface area (Å²) in [6.07, 6.45) is 0. The minimum absolute atomic E-state index is 0.726. The first-order valence-electron chi connectivity index (χ1n) is 7.33. The molecule has 22 heavy (non-hydrogen) atoms. The second kappa shape index (κ2) is 6.62. The van der Waals surface area contributed by atoms with Gasteiger partial charge in [-0.1, -0.05) is 6.07 Å². The molecule has 0 unspecified atom stereocenters. The lowest BCUT2D eigenvalue weighted by atomic mass is 10.2. The number of hydrogen-bond acceptors (Lipinski definition) is 5. The molecule has 0 amide bonds. The van der Waals surface area contributed by atoms with E-state index in [0.29, 0.717) is 0 Å². The molecule has 1 aliphatic rings. The Labute approximate surface area is 138 Å². The predicted octanol–water partition coefficient (Wildman–Crippen LogP) is 3.44. The van der Waals surface area contributed by atoms with E-state index < -0.39 is 0 Å². The standard InChI is InChI=1S/C16H19BrN4O/c1-11-3-4-14(13(17)9-11)19-15-10-12(2)18-16(20-15)21-5-7-22-8-6-21/h3-4,9-10H,5-8H2,1-2H3,(H,18,19,20). The summed E-state index contributed by atoms with van der Waals surface area (Å²) < 4.78 is 6.41. The van der Waals surface area contributed by atoms with E-state index in [0.717, 1.165) is 53.9 Å². The molecule has 6 heteroatoms. The molecule has 1 saturated heterocycles. The molecule has 0 saturated carbocycles. The van der Waals surface area contributed by atoms with Gasteiger partial charge in [-0.25, -0.2) is 4.98 Å². The van der Waals surface area contributed by atoms with Crippen LogP contribution in [0.25, 0.3) is 0 Å². The molecule has 1 N–H and O–H groups in total. The fourth-order valence-electron chi connectivity index (χ4n) is 2.38. The highest BCUT2D eigenvalue weighted by Gasteiger charge is 2.15. The van der Waals surface area contributed by atoms with Gasteiger partial charge < -0.3 is 15.0 Å². The maximum atomic E-state index is 5.39. The molecule has 1 aromatic heterocycles. The van der Waals surface area contributed by atoms with Gasteiger partial charge in [-0.3, -0.25) is 0 Å². The number of hydrogen-bond donors (Lipinski definition) is 1. The topological polar surface area (TPSA) is 50.3 Å². The molecule has 5 nitrogen and oxygen atoms in total. The van der Waals surface area contributed by atoms with Crippen LogP contribution in [-0.2, 0) is 4.74 Å². The lowest BCUT2D eigenvalue weighted by molar-refractivity contribution is 0.122. The van der Waals surface area contributed by atoms with Crippen LogP contribution in [0.15, 0.2) is 28.7 Å². The predicted molar refractivity (Wildman–Crippen MR) is 92.0 cm³/mol. The summed E-state index contributed by atoms with van der Waals surface area (Å²) >= 11 is 3.59. The molecule has 1 fully saturated rings. The Kier molecular flexibility index (Phi) is 4.59. The molecule has 116 valence electrons. The number of aryl methyl sites for hydroxylation is 2. The van der Waals surface area contributed by atoms with Crippen LogP contribution in [0.2, 0.25) is 0 Å². The first kappa shape index (κ1) is 15.2. The summed E-state index contributed by atoms with van der Waals surface area (Å²) in [4.78, 5) is 11.3. The Bertz CT molecular complexity index is 671. The van der Waals surface area contributed by atoms with Crippen LogP contribution in [0.4, 0.5) is 17.5 Å². The minimum atomic E-state index is 0.726. The van der Waals surface area contributed by atoms with Gasteiger partial charge in [0.25, 0.3) is 0 Å². The van der Waals surface area contributed by atoms with Crippen molar-refractivity contribution in [1.29, 1.82) is 0 Å². The van der Waals surface area contributed by atoms with Crippen molar-refractivity contribution in [2.24, 2.45) is 0 Å². The smallest absolute Gasteiger partial charge is 0.227 e. The number of nitrogens with zero attached hydrogens (tertiary/aromatic N) is 3. The quantitative estimate of drug-likeness (QED) is 0.906. The molecule has 1 aromatic carbocycles. The van der Waals surface area contributed by atoms with Crippen LogP contribution in [0.1, 0.15) is 11.3 Å². The van der Waals surface area contributed by atoms with Gasteiger partial charge in [-0.15, -0.1) is 0 Å². The molecule has 0 atom stereocenters. The average Bonchev–Trinajstić information content (AvgIpc) is 2.50. The molecular weight excluding hydrogens is 344 g/mol. The molecule has 2 heterocycles. The van der Waals surface area contributed by atoms with E-state index >= 15 is 0 Å². The van der Waals surface area contributed by atoms with E-state index in [1.165, 1.54) is 5.56 Å². The fraction of sp³-hybridized carbons (Fsp3) is 0.375. The van der Waals surface area contributed by atoms with E-state index in [-0.39, 0.29) is 0 Å². The van der Waals surface area contributed by atoms with Crippen LogP contribution < -0.4 is 10.2 Å². The third-order valence-corrected chi connectivity index (χ3v) is 4.18. The van der Waals surface area contributed by atoms with Gasteiger partial charge in [-0.05, 0) is 47.5 Å². The first-order valence-corrected chi connectivity index (χ1v) is 8.13. The van der Waals surface area contributed by atoms with E-state index in [1.807, 2.05) is 19.1 Å². The molecule has 0 spiro atoms. The second-order valence-corrected chi connectivity index (χ2v) is 6.26. The molecular formula is C16H19BrN4O. The normalized spacial score (nSPS) is 15.0. The maximum Gasteiger partial charge on any atom is 0.227 e. The van der Waals surface area contributed by atoms with Crippen LogP contribution in [0, 0.1) is 13.8 Å². The Balaban J connectivity index is 1.85. The van der Waals surface area contributed by atoms with Crippen molar-refractivity contribution in [2.75, 3.05) is 36.5 Å². The summed E-state index contributed by atoms with van der Waals surface area (Å²) in [7, 11) is 0. The highest BCUT2D eigenvalue weighted by atomic mass is 79.9. The Morgan fingerprint density at radius 2 is 1.91 bits per heavy atom. The van der Waals surface area contributed by atoms with Gasteiger partial charge in [-0.2, -0.15) is 4.98 Å². The molecule has 0 radical (unpaired) electrons. The number of rotatable bonds is 3. The van der Waals surface area contributed by atoms with Gasteiger partial charge in [0, 0.05) is 29.3 Å². The van der Waals surface area contributed by atoms with Gasteiger partial charge in [0.1, 0.15) is 5.82 Å². The zero-order valence-electron chi connectivity index (χ0n) is 12.8. The van der Waals surface area contributed by atoms with E-state index in [4.69, 9.17) is 4.74 Å². The summed E-state index contributed by atoms with van der Waals surface area (Å²) in [5.74, 6) is 1.56. The third-order valence-electron chi connectivity index (χ3n) is 3.52. The summed E-state index contributed by atoms with van der Waals surface area (Å²) in [6, 6.07) is 8.16. The van der Waals surface area contributed by atoms with Gasteiger partial charge >= 0.3 is 0 Å². The number of nitrogens with one attached hydrogen (secondary N) is 1. The maximum absolute atomic E-state index is 5.39. The fourth-order valence-corrected chi connectivity index (χ4v) is 2.97. The van der Waals surface area contributed by atoms with Crippen molar-refractivity contribution in [3.05, 3.63) is 40.0 Å². The van der Waals surface area contributed by atoms with Gasteiger partial charge in [0.05, 0.1) is 18.9 Å². The van der Waals surface area contributed by atoms with Crippen LogP contribution in [0.3, 0.4) is 0 Å². The van der Waals surface area contributed by atoms with Crippen molar-refractivity contribution in [3.63, 3.8) is 0 Å². The van der Waals surface area contributed by atoms with Crippen LogP contribution >= 0.6 is 15.9 Å². The number of benzene rings is 1.